The number of Topliss-reactive ketones (excluding diaryl/α,β-unsaturated/α-hetero) is 1. The third-order valence-electron chi connectivity index (χ3n) is 5.05. The zero-order valence-corrected chi connectivity index (χ0v) is 17.1. The van der Waals surface area contributed by atoms with Gasteiger partial charge in [0.2, 0.25) is 0 Å². The van der Waals surface area contributed by atoms with Crippen molar-refractivity contribution in [3.05, 3.63) is 0 Å². The van der Waals surface area contributed by atoms with Crippen molar-refractivity contribution in [3.8, 4) is 0 Å². The Balaban J connectivity index is 2.69. The molecule has 0 heterocycles. The van der Waals surface area contributed by atoms with Crippen molar-refractivity contribution >= 4 is 17.8 Å². The third kappa shape index (κ3) is 8.19. The van der Waals surface area contributed by atoms with Crippen molar-refractivity contribution in [2.24, 2.45) is 17.3 Å². The van der Waals surface area contributed by atoms with Crippen LogP contribution in [0.2, 0.25) is 0 Å². The second kappa shape index (κ2) is 8.87. The Morgan fingerprint density at radius 1 is 1.04 bits per heavy atom. The molecule has 0 spiro atoms. The number of amides is 1. The van der Waals surface area contributed by atoms with E-state index in [4.69, 9.17) is 9.84 Å². The maximum absolute atomic E-state index is 12.3. The summed E-state index contributed by atoms with van der Waals surface area (Å²) < 4.78 is 5.22. The average molecular weight is 370 g/mol. The number of carboxylic acids is 1. The molecule has 1 aliphatic carbocycles. The molecule has 150 valence electrons. The Bertz CT molecular complexity index is 507. The normalized spacial score (nSPS) is 22.4. The number of aliphatic carboxylic acids is 1. The number of carbonyl (C=O) groups excluding carboxylic acids is 2. The molecule has 1 atom stereocenters. The number of nitrogens with one attached hydrogen (secondary N) is 1. The van der Waals surface area contributed by atoms with E-state index in [1.807, 2.05) is 0 Å². The zero-order chi connectivity index (χ0) is 20.1. The molecular weight excluding hydrogens is 334 g/mol. The number of carboxylic acid groups (broad SMARTS) is 1. The van der Waals surface area contributed by atoms with Crippen LogP contribution < -0.4 is 5.32 Å². The lowest BCUT2D eigenvalue weighted by atomic mass is 9.69. The van der Waals surface area contributed by atoms with Gasteiger partial charge in [0, 0.05) is 0 Å². The highest BCUT2D eigenvalue weighted by Crippen LogP contribution is 2.41. The van der Waals surface area contributed by atoms with Crippen LogP contribution in [0.15, 0.2) is 0 Å². The van der Waals surface area contributed by atoms with Crippen molar-refractivity contribution < 1.29 is 24.2 Å². The monoisotopic (exact) mass is 369 g/mol. The fraction of sp³-hybridized carbons (Fsp3) is 0.850. The minimum atomic E-state index is -1.18. The molecule has 0 aromatic heterocycles. The molecule has 1 saturated carbocycles. The fourth-order valence-electron chi connectivity index (χ4n) is 3.59. The van der Waals surface area contributed by atoms with Crippen LogP contribution in [0.1, 0.15) is 80.1 Å². The standard InChI is InChI=1S/C20H35NO5/c1-19(2,3)14-9-7-13(8-10-14)11-15(16(22)12-17(23)24)21-18(25)26-20(4,5)6/h13-15H,7-12H2,1-6H3,(H,21,25)(H,23,24). The van der Waals surface area contributed by atoms with E-state index in [2.05, 4.69) is 26.1 Å². The first-order valence-corrected chi connectivity index (χ1v) is 9.52. The molecule has 6 heteroatoms. The molecular formula is C20H35NO5. The van der Waals surface area contributed by atoms with Gasteiger partial charge in [-0.05, 0) is 57.3 Å². The molecule has 0 radical (unpaired) electrons. The number of hydrogen-bond donors (Lipinski definition) is 2. The van der Waals surface area contributed by atoms with Gasteiger partial charge in [-0.3, -0.25) is 9.59 Å². The molecule has 0 aliphatic heterocycles. The smallest absolute Gasteiger partial charge is 0.408 e. The first kappa shape index (κ1) is 22.5. The van der Waals surface area contributed by atoms with Gasteiger partial charge in [-0.2, -0.15) is 0 Å². The van der Waals surface area contributed by atoms with Gasteiger partial charge in [-0.1, -0.05) is 33.6 Å². The molecule has 1 unspecified atom stereocenters. The van der Waals surface area contributed by atoms with Gasteiger partial charge in [0.25, 0.3) is 0 Å². The van der Waals surface area contributed by atoms with Crippen molar-refractivity contribution in [1.82, 2.24) is 5.32 Å². The summed E-state index contributed by atoms with van der Waals surface area (Å²) in [6.07, 6.45) is 3.40. The van der Waals surface area contributed by atoms with Crippen molar-refractivity contribution in [1.29, 1.82) is 0 Å². The second-order valence-electron chi connectivity index (χ2n) is 9.56. The third-order valence-corrected chi connectivity index (χ3v) is 5.05. The van der Waals surface area contributed by atoms with E-state index in [9.17, 15) is 14.4 Å². The highest BCUT2D eigenvalue weighted by molar-refractivity contribution is 5.99. The molecule has 0 aromatic rings. The van der Waals surface area contributed by atoms with Crippen molar-refractivity contribution in [2.75, 3.05) is 0 Å². The molecule has 1 rings (SSSR count). The second-order valence-corrected chi connectivity index (χ2v) is 9.56. The number of hydrogen-bond acceptors (Lipinski definition) is 4. The largest absolute Gasteiger partial charge is 0.481 e. The summed E-state index contributed by atoms with van der Waals surface area (Å²) in [5, 5.41) is 11.5. The summed E-state index contributed by atoms with van der Waals surface area (Å²) in [5.74, 6) is -0.680. The summed E-state index contributed by atoms with van der Waals surface area (Å²) in [7, 11) is 0. The molecule has 6 nitrogen and oxygen atoms in total. The number of rotatable bonds is 6. The topological polar surface area (TPSA) is 92.7 Å². The van der Waals surface area contributed by atoms with Gasteiger partial charge >= 0.3 is 12.1 Å². The maximum Gasteiger partial charge on any atom is 0.408 e. The first-order chi connectivity index (χ1) is 11.8. The molecule has 0 bridgehead atoms. The average Bonchev–Trinajstić information content (AvgIpc) is 2.43. The van der Waals surface area contributed by atoms with Crippen molar-refractivity contribution in [3.63, 3.8) is 0 Å². The SMILES string of the molecule is CC(C)(C)OC(=O)NC(CC1CCC(C(C)(C)C)CC1)C(=O)CC(=O)O. The van der Waals surface area contributed by atoms with Crippen LogP contribution in [-0.2, 0) is 14.3 Å². The Morgan fingerprint density at radius 2 is 1.58 bits per heavy atom. The van der Waals surface area contributed by atoms with Crippen LogP contribution in [0.3, 0.4) is 0 Å². The zero-order valence-electron chi connectivity index (χ0n) is 17.1. The van der Waals surface area contributed by atoms with E-state index in [-0.39, 0.29) is 5.41 Å². The van der Waals surface area contributed by atoms with Gasteiger partial charge in [0.15, 0.2) is 5.78 Å². The Hall–Kier alpha value is -1.59. The number of ether oxygens (including phenoxy) is 1. The van der Waals surface area contributed by atoms with Crippen LogP contribution in [-0.4, -0.2) is 34.6 Å². The van der Waals surface area contributed by atoms with Crippen LogP contribution in [0.4, 0.5) is 4.79 Å². The van der Waals surface area contributed by atoms with E-state index >= 15 is 0 Å². The predicted octanol–water partition coefficient (Wildman–Crippen LogP) is 4.17. The van der Waals surface area contributed by atoms with E-state index in [0.717, 1.165) is 25.7 Å². The number of carbonyl (C=O) groups is 3. The van der Waals surface area contributed by atoms with Gasteiger partial charge in [-0.15, -0.1) is 0 Å². The molecule has 1 fully saturated rings. The molecule has 2 N–H and O–H groups in total. The quantitative estimate of drug-likeness (QED) is 0.686. The Morgan fingerprint density at radius 3 is 2.00 bits per heavy atom. The van der Waals surface area contributed by atoms with Gasteiger partial charge in [0.1, 0.15) is 12.0 Å². The summed E-state index contributed by atoms with van der Waals surface area (Å²) in [5.41, 5.74) is -0.395. The van der Waals surface area contributed by atoms with E-state index in [1.54, 1.807) is 20.8 Å². The minimum absolute atomic E-state index is 0.276. The van der Waals surface area contributed by atoms with Crippen LogP contribution in [0, 0.1) is 17.3 Å². The number of ketones is 1. The lowest BCUT2D eigenvalue weighted by molar-refractivity contribution is -0.140. The van der Waals surface area contributed by atoms with Crippen molar-refractivity contribution in [2.45, 2.75) is 91.7 Å². The fourth-order valence-corrected chi connectivity index (χ4v) is 3.59. The summed E-state index contributed by atoms with van der Waals surface area (Å²) in [6.45, 7) is 12.0. The van der Waals surface area contributed by atoms with Crippen LogP contribution in [0.5, 0.6) is 0 Å². The minimum Gasteiger partial charge on any atom is -0.481 e. The highest BCUT2D eigenvalue weighted by atomic mass is 16.6. The lowest BCUT2D eigenvalue weighted by Crippen LogP contribution is -2.45. The molecule has 1 amide bonds. The van der Waals surface area contributed by atoms with E-state index in [1.165, 1.54) is 0 Å². The highest BCUT2D eigenvalue weighted by Gasteiger charge is 2.33. The van der Waals surface area contributed by atoms with E-state index in [0.29, 0.717) is 18.3 Å². The molecule has 0 aromatic carbocycles. The predicted molar refractivity (Wildman–Crippen MR) is 99.9 cm³/mol. The van der Waals surface area contributed by atoms with Gasteiger partial charge < -0.3 is 15.2 Å². The molecule has 1 aliphatic rings. The summed E-state index contributed by atoms with van der Waals surface area (Å²) in [4.78, 5) is 35.3. The Labute approximate surface area is 157 Å². The number of alkyl carbamates (subject to hydrolysis) is 1. The first-order valence-electron chi connectivity index (χ1n) is 9.52. The summed E-state index contributed by atoms with van der Waals surface area (Å²) in [6, 6.07) is -0.808. The van der Waals surface area contributed by atoms with Crippen LogP contribution >= 0.6 is 0 Å². The van der Waals surface area contributed by atoms with Gasteiger partial charge in [-0.25, -0.2) is 4.79 Å². The maximum atomic E-state index is 12.3. The van der Waals surface area contributed by atoms with E-state index < -0.39 is 35.9 Å². The van der Waals surface area contributed by atoms with Crippen LogP contribution in [0.25, 0.3) is 0 Å². The summed E-state index contributed by atoms with van der Waals surface area (Å²) >= 11 is 0. The lowest BCUT2D eigenvalue weighted by Gasteiger charge is -2.37. The van der Waals surface area contributed by atoms with Gasteiger partial charge in [0.05, 0.1) is 6.04 Å². The molecule has 0 saturated heterocycles. The Kier molecular flexibility index (Phi) is 7.66. The molecule has 26 heavy (non-hydrogen) atoms.